The van der Waals surface area contributed by atoms with Gasteiger partial charge in [-0.05, 0) is 51.4 Å². The molecule has 9 nitrogen and oxygen atoms in total. The molecule has 0 saturated carbocycles. The number of phosphoric acid groups is 1. The van der Waals surface area contributed by atoms with Crippen LogP contribution in [0.1, 0.15) is 129 Å². The second-order valence-corrected chi connectivity index (χ2v) is 14.7. The number of ether oxygens (including phenoxy) is 2. The van der Waals surface area contributed by atoms with Crippen LogP contribution in [0.5, 0.6) is 0 Å². The third kappa shape index (κ3) is 33.9. The van der Waals surface area contributed by atoms with Gasteiger partial charge in [-0.2, -0.15) is 0 Å². The van der Waals surface area contributed by atoms with E-state index in [-0.39, 0.29) is 26.1 Å². The molecule has 0 N–H and O–H groups in total. The smallest absolute Gasteiger partial charge is 0.306 e. The van der Waals surface area contributed by atoms with Gasteiger partial charge in [0.2, 0.25) is 0 Å². The van der Waals surface area contributed by atoms with Crippen LogP contribution in [-0.2, 0) is 32.7 Å². The standard InChI is InChI=1S/C38H68NO8P/c1-6-8-10-12-14-16-18-19-21-23-25-27-29-31-38(41)47-36(35-46-48(42,43)45-33-32-39(3,4)5)34-44-37(40)30-28-26-24-22-20-17-15-13-11-9-7-2/h13,15,17,19-21,25,27,36H,6-12,14,16,18,22-24,26,28-35H2,1-5H3/b15-13+,20-17+,21-19+,27-25+. The summed E-state index contributed by atoms with van der Waals surface area (Å²) in [7, 11) is 1.11. The Morgan fingerprint density at radius 3 is 1.92 bits per heavy atom. The molecule has 0 aromatic rings. The number of quaternary nitrogens is 1. The highest BCUT2D eigenvalue weighted by atomic mass is 31.2. The van der Waals surface area contributed by atoms with Crippen molar-refractivity contribution in [3.63, 3.8) is 0 Å². The maximum Gasteiger partial charge on any atom is 0.306 e. The molecule has 0 aliphatic carbocycles. The number of hydrogen-bond acceptors (Lipinski definition) is 8. The highest BCUT2D eigenvalue weighted by molar-refractivity contribution is 7.45. The van der Waals surface area contributed by atoms with Crippen LogP contribution in [0.4, 0.5) is 0 Å². The van der Waals surface area contributed by atoms with E-state index in [2.05, 4.69) is 50.3 Å². The maximum atomic E-state index is 12.5. The van der Waals surface area contributed by atoms with Crippen molar-refractivity contribution in [3.8, 4) is 0 Å². The highest BCUT2D eigenvalue weighted by Gasteiger charge is 2.21. The van der Waals surface area contributed by atoms with Crippen LogP contribution >= 0.6 is 7.82 Å². The first kappa shape index (κ1) is 46.0. The Kier molecular flexibility index (Phi) is 29.7. The van der Waals surface area contributed by atoms with Gasteiger partial charge in [-0.25, -0.2) is 0 Å². The van der Waals surface area contributed by atoms with Crippen molar-refractivity contribution in [3.05, 3.63) is 48.6 Å². The zero-order valence-corrected chi connectivity index (χ0v) is 31.8. The van der Waals surface area contributed by atoms with E-state index in [0.717, 1.165) is 38.5 Å². The number of carbonyl (C=O) groups is 2. The lowest BCUT2D eigenvalue weighted by molar-refractivity contribution is -0.870. The first-order chi connectivity index (χ1) is 23.0. The molecule has 0 amide bonds. The molecule has 0 fully saturated rings. The Hall–Kier alpha value is -2.03. The van der Waals surface area contributed by atoms with E-state index in [1.54, 1.807) is 0 Å². The fourth-order valence-corrected chi connectivity index (χ4v) is 5.12. The molecule has 0 rings (SSSR count). The van der Waals surface area contributed by atoms with Gasteiger partial charge in [0.25, 0.3) is 7.82 Å². The monoisotopic (exact) mass is 697 g/mol. The number of rotatable bonds is 32. The molecule has 278 valence electrons. The predicted molar refractivity (Wildman–Crippen MR) is 194 cm³/mol. The number of allylic oxidation sites excluding steroid dienone is 8. The summed E-state index contributed by atoms with van der Waals surface area (Å²) in [4.78, 5) is 37.2. The average molecular weight is 698 g/mol. The largest absolute Gasteiger partial charge is 0.756 e. The van der Waals surface area contributed by atoms with E-state index in [1.165, 1.54) is 51.4 Å². The minimum absolute atomic E-state index is 0.0459. The van der Waals surface area contributed by atoms with Gasteiger partial charge in [0.15, 0.2) is 6.10 Å². The van der Waals surface area contributed by atoms with E-state index >= 15 is 0 Å². The van der Waals surface area contributed by atoms with Crippen molar-refractivity contribution < 1.29 is 42.1 Å². The zero-order chi connectivity index (χ0) is 35.8. The first-order valence-electron chi connectivity index (χ1n) is 18.4. The molecule has 48 heavy (non-hydrogen) atoms. The Morgan fingerprint density at radius 1 is 0.667 bits per heavy atom. The van der Waals surface area contributed by atoms with Crippen molar-refractivity contribution in [2.24, 2.45) is 0 Å². The van der Waals surface area contributed by atoms with Crippen LogP contribution in [0, 0.1) is 0 Å². The van der Waals surface area contributed by atoms with Gasteiger partial charge in [-0.3, -0.25) is 14.2 Å². The Morgan fingerprint density at radius 2 is 1.25 bits per heavy atom. The lowest BCUT2D eigenvalue weighted by Gasteiger charge is -2.28. The van der Waals surface area contributed by atoms with Gasteiger partial charge in [-0.1, -0.05) is 114 Å². The molecule has 0 aromatic carbocycles. The van der Waals surface area contributed by atoms with Crippen molar-refractivity contribution in [1.82, 2.24) is 0 Å². The van der Waals surface area contributed by atoms with E-state index in [9.17, 15) is 19.0 Å². The summed E-state index contributed by atoms with van der Waals surface area (Å²) in [5, 5.41) is 0. The van der Waals surface area contributed by atoms with Crippen molar-refractivity contribution in [2.45, 2.75) is 136 Å². The molecule has 0 radical (unpaired) electrons. The van der Waals surface area contributed by atoms with Gasteiger partial charge in [0, 0.05) is 12.8 Å². The number of nitrogens with zero attached hydrogens (tertiary/aromatic N) is 1. The SMILES string of the molecule is CCCC/C=C/C=C/CCCCCC(=O)OCC(COP(=O)([O-])OCC[N+](C)(C)C)OC(=O)CC/C=C/C/C=C/CCCCCCCC. The number of unbranched alkanes of at least 4 members (excludes halogenated alkanes) is 11. The fraction of sp³-hybridized carbons (Fsp3) is 0.737. The van der Waals surface area contributed by atoms with Crippen LogP contribution < -0.4 is 4.89 Å². The fourth-order valence-electron chi connectivity index (χ4n) is 4.39. The average Bonchev–Trinajstić information content (AvgIpc) is 3.02. The second kappa shape index (κ2) is 31.0. The minimum atomic E-state index is -4.63. The van der Waals surface area contributed by atoms with Crippen LogP contribution in [0.2, 0.25) is 0 Å². The summed E-state index contributed by atoms with van der Waals surface area (Å²) in [5.74, 6) is -0.953. The summed E-state index contributed by atoms with van der Waals surface area (Å²) >= 11 is 0. The van der Waals surface area contributed by atoms with E-state index in [1.807, 2.05) is 33.3 Å². The summed E-state index contributed by atoms with van der Waals surface area (Å²) in [6.07, 6.45) is 33.1. The molecule has 0 spiro atoms. The maximum absolute atomic E-state index is 12.5. The van der Waals surface area contributed by atoms with Gasteiger partial charge < -0.3 is 27.9 Å². The van der Waals surface area contributed by atoms with Gasteiger partial charge in [0.05, 0.1) is 27.7 Å². The normalized spacial score (nSPS) is 14.4. The zero-order valence-electron chi connectivity index (χ0n) is 30.9. The van der Waals surface area contributed by atoms with Gasteiger partial charge >= 0.3 is 11.9 Å². The molecule has 0 aliphatic rings. The van der Waals surface area contributed by atoms with E-state index in [4.69, 9.17) is 18.5 Å². The molecule has 0 saturated heterocycles. The minimum Gasteiger partial charge on any atom is -0.756 e. The quantitative estimate of drug-likeness (QED) is 0.0171. The second-order valence-electron chi connectivity index (χ2n) is 13.3. The molecular weight excluding hydrogens is 629 g/mol. The highest BCUT2D eigenvalue weighted by Crippen LogP contribution is 2.38. The molecule has 0 aliphatic heterocycles. The number of hydrogen-bond donors (Lipinski definition) is 0. The molecular formula is C38H68NO8P. The summed E-state index contributed by atoms with van der Waals surface area (Å²) in [6.45, 7) is 4.02. The van der Waals surface area contributed by atoms with E-state index in [0.29, 0.717) is 23.9 Å². The van der Waals surface area contributed by atoms with Crippen molar-refractivity contribution >= 4 is 19.8 Å². The lowest BCUT2D eigenvalue weighted by Crippen LogP contribution is -2.37. The third-order valence-corrected chi connectivity index (χ3v) is 8.33. The Bertz CT molecular complexity index is 970. The lowest BCUT2D eigenvalue weighted by atomic mass is 10.1. The molecule has 10 heteroatoms. The first-order valence-corrected chi connectivity index (χ1v) is 19.8. The van der Waals surface area contributed by atoms with Crippen LogP contribution in [0.25, 0.3) is 0 Å². The topological polar surface area (TPSA) is 111 Å². The number of phosphoric ester groups is 1. The summed E-state index contributed by atoms with van der Waals surface area (Å²) in [5.41, 5.74) is 0. The predicted octanol–water partition coefficient (Wildman–Crippen LogP) is 8.94. The third-order valence-electron chi connectivity index (χ3n) is 7.36. The summed E-state index contributed by atoms with van der Waals surface area (Å²) in [6, 6.07) is 0. The number of esters is 2. The van der Waals surface area contributed by atoms with Crippen LogP contribution in [-0.4, -0.2) is 70.0 Å². The van der Waals surface area contributed by atoms with Crippen molar-refractivity contribution in [2.75, 3.05) is 47.5 Å². The number of likely N-dealkylation sites (N-methyl/N-ethyl adjacent to an activating group) is 1. The van der Waals surface area contributed by atoms with Crippen molar-refractivity contribution in [1.29, 1.82) is 0 Å². The van der Waals surface area contributed by atoms with Gasteiger partial charge in [0.1, 0.15) is 19.8 Å². The van der Waals surface area contributed by atoms with Crippen LogP contribution in [0.15, 0.2) is 48.6 Å². The Labute approximate surface area is 293 Å². The summed E-state index contributed by atoms with van der Waals surface area (Å²) < 4.78 is 33.6. The molecule has 2 atom stereocenters. The van der Waals surface area contributed by atoms with Gasteiger partial charge in [-0.15, -0.1) is 0 Å². The number of carbonyl (C=O) groups excluding carboxylic acids is 2. The molecule has 0 bridgehead atoms. The molecule has 0 heterocycles. The molecule has 2 unspecified atom stereocenters. The molecule has 0 aromatic heterocycles. The Balaban J connectivity index is 4.61. The van der Waals surface area contributed by atoms with E-state index < -0.39 is 32.5 Å². The van der Waals surface area contributed by atoms with Crippen LogP contribution in [0.3, 0.4) is 0 Å².